The molecule has 2 N–H and O–H groups in total. The van der Waals surface area contributed by atoms with Gasteiger partial charge in [0.25, 0.3) is 0 Å². The molecular formula is C16H15BrN2O3. The number of hydrogen-bond acceptors (Lipinski definition) is 3. The van der Waals surface area contributed by atoms with E-state index in [2.05, 4.69) is 26.6 Å². The number of halogens is 1. The number of fused-ring (bicyclic) bond motifs is 1. The van der Waals surface area contributed by atoms with Crippen molar-refractivity contribution in [2.24, 2.45) is 0 Å². The fraction of sp³-hybridized carbons (Fsp3) is 0.188. The summed E-state index contributed by atoms with van der Waals surface area (Å²) >= 11 is 3.40. The van der Waals surface area contributed by atoms with Crippen molar-refractivity contribution in [2.45, 2.75) is 13.1 Å². The maximum atomic E-state index is 11.8. The predicted molar refractivity (Wildman–Crippen MR) is 85.8 cm³/mol. The maximum Gasteiger partial charge on any atom is 0.315 e. The first-order valence-corrected chi connectivity index (χ1v) is 7.65. The number of nitrogens with one attached hydrogen (secondary N) is 2. The molecule has 1 aliphatic heterocycles. The topological polar surface area (TPSA) is 59.6 Å². The molecule has 0 spiro atoms. The molecule has 1 heterocycles. The Bertz CT molecular complexity index is 691. The maximum absolute atomic E-state index is 11.8. The zero-order valence-corrected chi connectivity index (χ0v) is 13.4. The van der Waals surface area contributed by atoms with Gasteiger partial charge in [0.1, 0.15) is 0 Å². The molecule has 0 saturated carbocycles. The van der Waals surface area contributed by atoms with Gasteiger partial charge in [0, 0.05) is 17.6 Å². The molecule has 22 heavy (non-hydrogen) atoms. The summed E-state index contributed by atoms with van der Waals surface area (Å²) in [6.07, 6.45) is 0. The fourth-order valence-electron chi connectivity index (χ4n) is 2.13. The molecule has 0 radical (unpaired) electrons. The lowest BCUT2D eigenvalue weighted by molar-refractivity contribution is 0.174. The highest BCUT2D eigenvalue weighted by atomic mass is 79.9. The molecule has 0 aromatic heterocycles. The van der Waals surface area contributed by atoms with E-state index in [1.54, 1.807) is 0 Å². The van der Waals surface area contributed by atoms with Crippen LogP contribution in [0.25, 0.3) is 0 Å². The van der Waals surface area contributed by atoms with E-state index < -0.39 is 0 Å². The Balaban J connectivity index is 1.48. The van der Waals surface area contributed by atoms with E-state index in [-0.39, 0.29) is 12.8 Å². The number of carbonyl (C=O) groups excluding carboxylic acids is 1. The molecule has 0 saturated heterocycles. The zero-order chi connectivity index (χ0) is 15.4. The van der Waals surface area contributed by atoms with E-state index in [1.165, 1.54) is 0 Å². The predicted octanol–water partition coefficient (Wildman–Crippen LogP) is 3.18. The van der Waals surface area contributed by atoms with Gasteiger partial charge >= 0.3 is 6.03 Å². The van der Waals surface area contributed by atoms with Crippen LogP contribution in [-0.2, 0) is 13.1 Å². The molecule has 0 unspecified atom stereocenters. The lowest BCUT2D eigenvalue weighted by atomic mass is 10.2. The number of urea groups is 1. The number of benzene rings is 2. The molecule has 6 heteroatoms. The van der Waals surface area contributed by atoms with Gasteiger partial charge < -0.3 is 20.1 Å². The first-order valence-electron chi connectivity index (χ1n) is 6.85. The van der Waals surface area contributed by atoms with Crippen molar-refractivity contribution >= 4 is 22.0 Å². The Kier molecular flexibility index (Phi) is 4.48. The second-order valence-corrected chi connectivity index (χ2v) is 5.77. The van der Waals surface area contributed by atoms with Gasteiger partial charge in [-0.2, -0.15) is 0 Å². The van der Waals surface area contributed by atoms with Gasteiger partial charge in [-0.1, -0.05) is 34.1 Å². The van der Waals surface area contributed by atoms with Gasteiger partial charge in [0.2, 0.25) is 6.79 Å². The summed E-state index contributed by atoms with van der Waals surface area (Å²) in [6, 6.07) is 13.2. The quantitative estimate of drug-likeness (QED) is 0.877. The van der Waals surface area contributed by atoms with Crippen molar-refractivity contribution in [2.75, 3.05) is 6.79 Å². The zero-order valence-electron chi connectivity index (χ0n) is 11.8. The van der Waals surface area contributed by atoms with E-state index in [0.717, 1.165) is 21.3 Å². The summed E-state index contributed by atoms with van der Waals surface area (Å²) < 4.78 is 11.6. The summed E-state index contributed by atoms with van der Waals surface area (Å²) in [4.78, 5) is 11.8. The van der Waals surface area contributed by atoms with E-state index in [4.69, 9.17) is 9.47 Å². The largest absolute Gasteiger partial charge is 0.454 e. The molecule has 114 valence electrons. The summed E-state index contributed by atoms with van der Waals surface area (Å²) in [6.45, 7) is 1.16. The van der Waals surface area contributed by atoms with Crippen molar-refractivity contribution < 1.29 is 14.3 Å². The van der Waals surface area contributed by atoms with Gasteiger partial charge in [0.05, 0.1) is 0 Å². The SMILES string of the molecule is O=C(NCc1cccc(Br)c1)NCc1ccc2c(c1)OCO2. The molecule has 5 nitrogen and oxygen atoms in total. The lowest BCUT2D eigenvalue weighted by Gasteiger charge is -2.08. The average Bonchev–Trinajstić information content (AvgIpc) is 2.98. The highest BCUT2D eigenvalue weighted by Gasteiger charge is 2.13. The first-order chi connectivity index (χ1) is 10.7. The summed E-state index contributed by atoms with van der Waals surface area (Å²) in [5.74, 6) is 1.46. The second-order valence-electron chi connectivity index (χ2n) is 4.85. The minimum Gasteiger partial charge on any atom is -0.454 e. The molecule has 2 aromatic carbocycles. The van der Waals surface area contributed by atoms with E-state index in [1.807, 2.05) is 42.5 Å². The van der Waals surface area contributed by atoms with E-state index in [9.17, 15) is 4.79 Å². The monoisotopic (exact) mass is 362 g/mol. The molecule has 1 aliphatic rings. The third-order valence-electron chi connectivity index (χ3n) is 3.23. The van der Waals surface area contributed by atoms with Crippen LogP contribution in [0.2, 0.25) is 0 Å². The van der Waals surface area contributed by atoms with E-state index >= 15 is 0 Å². The Hall–Kier alpha value is -2.21. The highest BCUT2D eigenvalue weighted by Crippen LogP contribution is 2.32. The third kappa shape index (κ3) is 3.71. The third-order valence-corrected chi connectivity index (χ3v) is 3.73. The van der Waals surface area contributed by atoms with Crippen LogP contribution in [0.15, 0.2) is 46.9 Å². The summed E-state index contributed by atoms with van der Waals surface area (Å²) in [5, 5.41) is 5.64. The first kappa shape index (κ1) is 14.7. The Labute approximate surface area is 136 Å². The molecule has 2 aromatic rings. The van der Waals surface area contributed by atoms with Gasteiger partial charge in [-0.3, -0.25) is 0 Å². The van der Waals surface area contributed by atoms with Crippen LogP contribution in [0.1, 0.15) is 11.1 Å². The van der Waals surface area contributed by atoms with E-state index in [0.29, 0.717) is 18.8 Å². The molecule has 3 rings (SSSR count). The average molecular weight is 363 g/mol. The number of carbonyl (C=O) groups is 1. The van der Waals surface area contributed by atoms with Crippen molar-refractivity contribution in [1.82, 2.24) is 10.6 Å². The van der Waals surface area contributed by atoms with Crippen LogP contribution >= 0.6 is 15.9 Å². The summed E-state index contributed by atoms with van der Waals surface area (Å²) in [5.41, 5.74) is 1.99. The smallest absolute Gasteiger partial charge is 0.315 e. The van der Waals surface area contributed by atoms with Gasteiger partial charge in [-0.25, -0.2) is 4.79 Å². The minimum atomic E-state index is -0.211. The fourth-order valence-corrected chi connectivity index (χ4v) is 2.57. The Morgan fingerprint density at radius 2 is 1.73 bits per heavy atom. The van der Waals surface area contributed by atoms with Crippen LogP contribution in [0.5, 0.6) is 11.5 Å². The Morgan fingerprint density at radius 1 is 1.00 bits per heavy atom. The van der Waals surface area contributed by atoms with Crippen molar-refractivity contribution in [1.29, 1.82) is 0 Å². The Morgan fingerprint density at radius 3 is 2.50 bits per heavy atom. The minimum absolute atomic E-state index is 0.211. The number of hydrogen-bond donors (Lipinski definition) is 2. The summed E-state index contributed by atoms with van der Waals surface area (Å²) in [7, 11) is 0. The number of amides is 2. The second kappa shape index (κ2) is 6.70. The molecule has 2 amide bonds. The molecule has 0 aliphatic carbocycles. The lowest BCUT2D eigenvalue weighted by Crippen LogP contribution is -2.34. The normalized spacial score (nSPS) is 12.0. The standard InChI is InChI=1S/C16H15BrN2O3/c17-13-3-1-2-11(6-13)8-18-16(20)19-9-12-4-5-14-15(7-12)22-10-21-14/h1-7H,8-10H2,(H2,18,19,20). The highest BCUT2D eigenvalue weighted by molar-refractivity contribution is 9.10. The van der Waals surface area contributed by atoms with Crippen LogP contribution in [0.3, 0.4) is 0 Å². The molecule has 0 fully saturated rings. The van der Waals surface area contributed by atoms with Crippen molar-refractivity contribution in [3.63, 3.8) is 0 Å². The number of rotatable bonds is 4. The van der Waals surface area contributed by atoms with Crippen molar-refractivity contribution in [3.05, 3.63) is 58.1 Å². The van der Waals surface area contributed by atoms with Crippen LogP contribution in [0, 0.1) is 0 Å². The molecule has 0 bridgehead atoms. The van der Waals surface area contributed by atoms with Gasteiger partial charge in [-0.15, -0.1) is 0 Å². The molecule has 0 atom stereocenters. The van der Waals surface area contributed by atoms with Crippen molar-refractivity contribution in [3.8, 4) is 11.5 Å². The molecular weight excluding hydrogens is 348 g/mol. The van der Waals surface area contributed by atoms with Gasteiger partial charge in [-0.05, 0) is 35.4 Å². The number of ether oxygens (including phenoxy) is 2. The van der Waals surface area contributed by atoms with Crippen LogP contribution < -0.4 is 20.1 Å². The van der Waals surface area contributed by atoms with Crippen LogP contribution in [-0.4, -0.2) is 12.8 Å². The van der Waals surface area contributed by atoms with Gasteiger partial charge in [0.15, 0.2) is 11.5 Å². The van der Waals surface area contributed by atoms with Crippen LogP contribution in [0.4, 0.5) is 4.79 Å².